The number of aromatic amines is 2. The molecule has 0 radical (unpaired) electrons. The van der Waals surface area contributed by atoms with Crippen LogP contribution in [0, 0.1) is 0 Å². The summed E-state index contributed by atoms with van der Waals surface area (Å²) in [5, 5.41) is 9.35. The van der Waals surface area contributed by atoms with E-state index < -0.39 is 22.9 Å². The van der Waals surface area contributed by atoms with Crippen molar-refractivity contribution in [2.75, 3.05) is 0 Å². The molecule has 0 saturated carbocycles. The third-order valence-electron chi connectivity index (χ3n) is 2.27. The SMILES string of the molecule is O=C(O)c1[nH]c(=O)[nH]c(=O)c1-c1cccc(Cl)c1. The number of carboxylic acid groups (broad SMARTS) is 1. The highest BCUT2D eigenvalue weighted by Gasteiger charge is 2.17. The van der Waals surface area contributed by atoms with Crippen molar-refractivity contribution in [3.8, 4) is 11.1 Å². The summed E-state index contributed by atoms with van der Waals surface area (Å²) in [5.41, 5.74) is -1.94. The van der Waals surface area contributed by atoms with Gasteiger partial charge < -0.3 is 10.1 Å². The fourth-order valence-corrected chi connectivity index (χ4v) is 1.76. The van der Waals surface area contributed by atoms with E-state index in [2.05, 4.69) is 4.98 Å². The summed E-state index contributed by atoms with van der Waals surface area (Å²) >= 11 is 5.78. The number of benzene rings is 1. The van der Waals surface area contributed by atoms with Crippen molar-refractivity contribution in [3.63, 3.8) is 0 Å². The van der Waals surface area contributed by atoms with Crippen LogP contribution < -0.4 is 11.2 Å². The predicted octanol–water partition coefficient (Wildman–Crippen LogP) is 1.08. The molecule has 0 amide bonds. The number of aromatic carboxylic acids is 1. The zero-order chi connectivity index (χ0) is 13.3. The molecule has 0 bridgehead atoms. The van der Waals surface area contributed by atoms with Gasteiger partial charge in [0.2, 0.25) is 0 Å². The number of hydrogen-bond donors (Lipinski definition) is 3. The quantitative estimate of drug-likeness (QED) is 0.757. The van der Waals surface area contributed by atoms with Crippen molar-refractivity contribution in [1.82, 2.24) is 9.97 Å². The number of aromatic nitrogens is 2. The summed E-state index contributed by atoms with van der Waals surface area (Å²) in [7, 11) is 0. The fourth-order valence-electron chi connectivity index (χ4n) is 1.57. The van der Waals surface area contributed by atoms with Crippen LogP contribution in [-0.4, -0.2) is 21.0 Å². The molecule has 0 saturated heterocycles. The molecule has 0 unspecified atom stereocenters. The van der Waals surface area contributed by atoms with Gasteiger partial charge in [0.15, 0.2) is 0 Å². The van der Waals surface area contributed by atoms with Gasteiger partial charge in [0.05, 0.1) is 5.56 Å². The van der Waals surface area contributed by atoms with Gasteiger partial charge in [0.1, 0.15) is 5.69 Å². The zero-order valence-corrected chi connectivity index (χ0v) is 9.62. The molecule has 0 atom stereocenters. The Morgan fingerprint density at radius 2 is 1.94 bits per heavy atom. The third-order valence-corrected chi connectivity index (χ3v) is 2.50. The Balaban J connectivity index is 2.82. The maximum atomic E-state index is 11.7. The maximum Gasteiger partial charge on any atom is 0.353 e. The summed E-state index contributed by atoms with van der Waals surface area (Å²) in [5.74, 6) is -1.40. The standard InChI is InChI=1S/C11H7ClN2O4/c12-6-3-1-2-5(4-6)7-8(10(16)17)13-11(18)14-9(7)15/h1-4H,(H,16,17)(H2,13,14,15,18). The Kier molecular flexibility index (Phi) is 3.03. The minimum absolute atomic E-state index is 0.135. The predicted molar refractivity (Wildman–Crippen MR) is 65.1 cm³/mol. The molecule has 0 aliphatic rings. The summed E-state index contributed by atoms with van der Waals surface area (Å²) < 4.78 is 0. The van der Waals surface area contributed by atoms with Crippen LogP contribution >= 0.6 is 11.6 Å². The van der Waals surface area contributed by atoms with E-state index in [0.29, 0.717) is 10.6 Å². The molecule has 7 heteroatoms. The summed E-state index contributed by atoms with van der Waals surface area (Å²) in [6.45, 7) is 0. The number of carboxylic acids is 1. The summed E-state index contributed by atoms with van der Waals surface area (Å²) in [6.07, 6.45) is 0. The average molecular weight is 267 g/mol. The molecule has 3 N–H and O–H groups in total. The molecule has 6 nitrogen and oxygen atoms in total. The molecule has 0 aliphatic carbocycles. The summed E-state index contributed by atoms with van der Waals surface area (Å²) in [4.78, 5) is 37.8. The Morgan fingerprint density at radius 1 is 1.22 bits per heavy atom. The molecule has 1 aromatic carbocycles. The largest absolute Gasteiger partial charge is 0.477 e. The van der Waals surface area contributed by atoms with Crippen molar-refractivity contribution >= 4 is 17.6 Å². The second-order valence-corrected chi connectivity index (χ2v) is 3.91. The van der Waals surface area contributed by atoms with E-state index in [9.17, 15) is 14.4 Å². The molecule has 92 valence electrons. The van der Waals surface area contributed by atoms with E-state index in [1.807, 2.05) is 4.98 Å². The minimum atomic E-state index is -1.40. The minimum Gasteiger partial charge on any atom is -0.477 e. The third kappa shape index (κ3) is 2.18. The smallest absolute Gasteiger partial charge is 0.353 e. The van der Waals surface area contributed by atoms with E-state index in [1.54, 1.807) is 12.1 Å². The van der Waals surface area contributed by atoms with Gasteiger partial charge in [0.25, 0.3) is 5.56 Å². The van der Waals surface area contributed by atoms with Gasteiger partial charge in [-0.3, -0.25) is 9.78 Å². The first-order chi connectivity index (χ1) is 8.49. The molecule has 1 heterocycles. The highest BCUT2D eigenvalue weighted by atomic mass is 35.5. The zero-order valence-electron chi connectivity index (χ0n) is 8.86. The number of hydrogen-bond acceptors (Lipinski definition) is 3. The topological polar surface area (TPSA) is 103 Å². The lowest BCUT2D eigenvalue weighted by Crippen LogP contribution is -2.27. The van der Waals surface area contributed by atoms with Gasteiger partial charge in [-0.2, -0.15) is 0 Å². The van der Waals surface area contributed by atoms with E-state index in [1.165, 1.54) is 12.1 Å². The first kappa shape index (κ1) is 12.1. The number of carbonyl (C=O) groups is 1. The van der Waals surface area contributed by atoms with E-state index >= 15 is 0 Å². The van der Waals surface area contributed by atoms with Crippen molar-refractivity contribution in [1.29, 1.82) is 0 Å². The molecular weight excluding hydrogens is 260 g/mol. The monoisotopic (exact) mass is 266 g/mol. The van der Waals surface area contributed by atoms with Gasteiger partial charge in [0, 0.05) is 5.02 Å². The van der Waals surface area contributed by atoms with Crippen LogP contribution in [0.15, 0.2) is 33.9 Å². The lowest BCUT2D eigenvalue weighted by molar-refractivity contribution is 0.0690. The molecule has 0 aliphatic heterocycles. The first-order valence-corrected chi connectivity index (χ1v) is 5.22. The lowest BCUT2D eigenvalue weighted by atomic mass is 10.1. The van der Waals surface area contributed by atoms with E-state index in [0.717, 1.165) is 0 Å². The van der Waals surface area contributed by atoms with Crippen LogP contribution in [0.25, 0.3) is 11.1 Å². The second kappa shape index (κ2) is 4.50. The normalized spacial score (nSPS) is 10.3. The second-order valence-electron chi connectivity index (χ2n) is 3.47. The number of rotatable bonds is 2. The highest BCUT2D eigenvalue weighted by Crippen LogP contribution is 2.21. The van der Waals surface area contributed by atoms with Gasteiger partial charge in [-0.25, -0.2) is 9.59 Å². The Labute approximate surface area is 105 Å². The maximum absolute atomic E-state index is 11.7. The number of H-pyrrole nitrogens is 2. The molecule has 1 aromatic heterocycles. The van der Waals surface area contributed by atoms with Crippen LogP contribution in [0.2, 0.25) is 5.02 Å². The lowest BCUT2D eigenvalue weighted by Gasteiger charge is -2.04. The van der Waals surface area contributed by atoms with Crippen molar-refractivity contribution in [2.24, 2.45) is 0 Å². The van der Waals surface area contributed by atoms with Crippen LogP contribution in [0.1, 0.15) is 10.5 Å². The van der Waals surface area contributed by atoms with E-state index in [-0.39, 0.29) is 5.56 Å². The molecular formula is C11H7ClN2O4. The van der Waals surface area contributed by atoms with Gasteiger partial charge in [-0.15, -0.1) is 0 Å². The van der Waals surface area contributed by atoms with Crippen LogP contribution in [0.3, 0.4) is 0 Å². The molecule has 0 spiro atoms. The number of halogens is 1. The highest BCUT2D eigenvalue weighted by molar-refractivity contribution is 6.30. The van der Waals surface area contributed by atoms with Gasteiger partial charge in [-0.1, -0.05) is 23.7 Å². The Bertz CT molecular complexity index is 732. The van der Waals surface area contributed by atoms with Crippen molar-refractivity contribution in [2.45, 2.75) is 0 Å². The van der Waals surface area contributed by atoms with Gasteiger partial charge in [-0.05, 0) is 17.7 Å². The summed E-state index contributed by atoms with van der Waals surface area (Å²) in [6, 6.07) is 6.14. The van der Waals surface area contributed by atoms with E-state index in [4.69, 9.17) is 16.7 Å². The Morgan fingerprint density at radius 3 is 2.56 bits per heavy atom. The Hall–Kier alpha value is -2.34. The van der Waals surface area contributed by atoms with Gasteiger partial charge >= 0.3 is 11.7 Å². The van der Waals surface area contributed by atoms with Crippen LogP contribution in [0.5, 0.6) is 0 Å². The molecule has 2 aromatic rings. The molecule has 0 fully saturated rings. The molecule has 18 heavy (non-hydrogen) atoms. The first-order valence-electron chi connectivity index (χ1n) is 4.85. The molecule has 2 rings (SSSR count). The van der Waals surface area contributed by atoms with Crippen LogP contribution in [0.4, 0.5) is 0 Å². The average Bonchev–Trinajstić information content (AvgIpc) is 2.27. The van der Waals surface area contributed by atoms with Crippen molar-refractivity contribution in [3.05, 3.63) is 55.8 Å². The van der Waals surface area contributed by atoms with Crippen LogP contribution in [-0.2, 0) is 0 Å². The van der Waals surface area contributed by atoms with Crippen molar-refractivity contribution < 1.29 is 9.90 Å². The number of nitrogens with one attached hydrogen (secondary N) is 2. The fraction of sp³-hybridized carbons (Fsp3) is 0.